The first-order chi connectivity index (χ1) is 7.74. The van der Waals surface area contributed by atoms with Gasteiger partial charge in [0.25, 0.3) is 0 Å². The monoisotopic (exact) mass is 257 g/mol. The summed E-state index contributed by atoms with van der Waals surface area (Å²) < 4.78 is 25.9. The fraction of sp³-hybridized carbons (Fsp3) is 0.364. The zero-order valence-corrected chi connectivity index (χ0v) is 10.8. The molecule has 0 radical (unpaired) electrons. The summed E-state index contributed by atoms with van der Waals surface area (Å²) in [7, 11) is -3.76. The van der Waals surface area contributed by atoms with Gasteiger partial charge in [0.1, 0.15) is 6.54 Å². The van der Waals surface area contributed by atoms with Gasteiger partial charge in [-0.2, -0.15) is 4.72 Å². The minimum absolute atomic E-state index is 0.157. The topological polar surface area (TPSA) is 83.5 Å². The third kappa shape index (κ3) is 3.28. The highest BCUT2D eigenvalue weighted by Crippen LogP contribution is 2.21. The lowest BCUT2D eigenvalue weighted by Gasteiger charge is -2.12. The lowest BCUT2D eigenvalue weighted by atomic mass is 10.1. The molecule has 0 saturated carbocycles. The molecule has 1 aromatic rings. The summed E-state index contributed by atoms with van der Waals surface area (Å²) in [6, 6.07) is 3.50. The second-order valence-corrected chi connectivity index (χ2v) is 5.65. The molecule has 0 aliphatic rings. The number of carboxylic acids is 1. The summed E-state index contributed by atoms with van der Waals surface area (Å²) in [5.74, 6) is -1.21. The van der Waals surface area contributed by atoms with Crippen molar-refractivity contribution in [3.05, 3.63) is 28.8 Å². The first-order valence-electron chi connectivity index (χ1n) is 5.03. The van der Waals surface area contributed by atoms with Gasteiger partial charge in [0.05, 0.1) is 4.90 Å². The van der Waals surface area contributed by atoms with Gasteiger partial charge in [0, 0.05) is 0 Å². The van der Waals surface area contributed by atoms with Crippen molar-refractivity contribution in [1.82, 2.24) is 4.72 Å². The van der Waals surface area contributed by atoms with Gasteiger partial charge in [-0.1, -0.05) is 17.7 Å². The number of hydrogen-bond donors (Lipinski definition) is 2. The van der Waals surface area contributed by atoms with Crippen molar-refractivity contribution >= 4 is 16.0 Å². The SMILES string of the molecule is Cc1cc(C)c(S(=O)(=O)NCC(=O)O)c(C)c1. The van der Waals surface area contributed by atoms with Crippen LogP contribution in [0.15, 0.2) is 17.0 Å². The number of benzene rings is 1. The van der Waals surface area contributed by atoms with Crippen molar-refractivity contribution < 1.29 is 18.3 Å². The van der Waals surface area contributed by atoms with E-state index in [0.717, 1.165) is 5.56 Å². The van der Waals surface area contributed by atoms with E-state index in [9.17, 15) is 13.2 Å². The number of aliphatic carboxylic acids is 1. The largest absolute Gasteiger partial charge is 0.480 e. The number of sulfonamides is 1. The predicted molar refractivity (Wildman–Crippen MR) is 63.5 cm³/mol. The second kappa shape index (κ2) is 4.85. The van der Waals surface area contributed by atoms with Gasteiger partial charge in [-0.15, -0.1) is 0 Å². The van der Waals surface area contributed by atoms with Gasteiger partial charge >= 0.3 is 5.97 Å². The maximum Gasteiger partial charge on any atom is 0.318 e. The molecule has 0 spiro atoms. The van der Waals surface area contributed by atoms with Crippen LogP contribution >= 0.6 is 0 Å². The van der Waals surface area contributed by atoms with Crippen LogP contribution in [0.2, 0.25) is 0 Å². The minimum atomic E-state index is -3.76. The quantitative estimate of drug-likeness (QED) is 0.842. The highest BCUT2D eigenvalue weighted by Gasteiger charge is 2.20. The zero-order chi connectivity index (χ0) is 13.2. The molecule has 0 fully saturated rings. The molecule has 0 aromatic heterocycles. The van der Waals surface area contributed by atoms with Gasteiger partial charge in [0.15, 0.2) is 0 Å². The number of aryl methyl sites for hydroxylation is 3. The zero-order valence-electron chi connectivity index (χ0n) is 9.94. The Labute approximate surface area is 101 Å². The Morgan fingerprint density at radius 3 is 2.12 bits per heavy atom. The highest BCUT2D eigenvalue weighted by molar-refractivity contribution is 7.89. The van der Waals surface area contributed by atoms with E-state index in [0.29, 0.717) is 11.1 Å². The fourth-order valence-corrected chi connectivity index (χ4v) is 3.24. The van der Waals surface area contributed by atoms with Crippen LogP contribution in [-0.4, -0.2) is 26.0 Å². The molecule has 0 unspecified atom stereocenters. The van der Waals surface area contributed by atoms with Crippen molar-refractivity contribution in [2.45, 2.75) is 25.7 Å². The molecular weight excluding hydrogens is 242 g/mol. The Balaban J connectivity index is 3.20. The van der Waals surface area contributed by atoms with Crippen LogP contribution in [0.4, 0.5) is 0 Å². The highest BCUT2D eigenvalue weighted by atomic mass is 32.2. The molecule has 1 aromatic carbocycles. The predicted octanol–water partition coefficient (Wildman–Crippen LogP) is 0.975. The molecule has 0 bridgehead atoms. The van der Waals surface area contributed by atoms with E-state index < -0.39 is 22.5 Å². The average Bonchev–Trinajstić information content (AvgIpc) is 2.12. The maximum absolute atomic E-state index is 11.9. The maximum atomic E-state index is 11.9. The normalized spacial score (nSPS) is 11.5. The van der Waals surface area contributed by atoms with E-state index in [2.05, 4.69) is 0 Å². The van der Waals surface area contributed by atoms with Crippen LogP contribution in [0.25, 0.3) is 0 Å². The van der Waals surface area contributed by atoms with Gasteiger partial charge in [-0.25, -0.2) is 8.42 Å². The van der Waals surface area contributed by atoms with Crippen LogP contribution < -0.4 is 4.72 Å². The molecule has 0 heterocycles. The summed E-state index contributed by atoms with van der Waals surface area (Å²) in [6.45, 7) is 4.64. The van der Waals surface area contributed by atoms with E-state index >= 15 is 0 Å². The fourth-order valence-electron chi connectivity index (χ4n) is 1.82. The number of carboxylic acid groups (broad SMARTS) is 1. The van der Waals surface area contributed by atoms with Crippen molar-refractivity contribution in [1.29, 1.82) is 0 Å². The van der Waals surface area contributed by atoms with Gasteiger partial charge < -0.3 is 5.11 Å². The van der Waals surface area contributed by atoms with Crippen LogP contribution in [0, 0.1) is 20.8 Å². The molecule has 0 atom stereocenters. The van der Waals surface area contributed by atoms with Gasteiger partial charge in [0.2, 0.25) is 10.0 Å². The Kier molecular flexibility index (Phi) is 3.90. The first-order valence-corrected chi connectivity index (χ1v) is 6.51. The summed E-state index contributed by atoms with van der Waals surface area (Å²) in [5.41, 5.74) is 2.19. The van der Waals surface area contributed by atoms with Crippen LogP contribution in [0.3, 0.4) is 0 Å². The van der Waals surface area contributed by atoms with E-state index in [-0.39, 0.29) is 4.90 Å². The lowest BCUT2D eigenvalue weighted by molar-refractivity contribution is -0.135. The lowest BCUT2D eigenvalue weighted by Crippen LogP contribution is -2.30. The number of carbonyl (C=O) groups is 1. The summed E-state index contributed by atoms with van der Waals surface area (Å²) in [5, 5.41) is 8.48. The summed E-state index contributed by atoms with van der Waals surface area (Å²) in [4.78, 5) is 10.5. The van der Waals surface area contributed by atoms with Crippen molar-refractivity contribution in [2.75, 3.05) is 6.54 Å². The van der Waals surface area contributed by atoms with Crippen molar-refractivity contribution in [3.63, 3.8) is 0 Å². The molecule has 0 amide bonds. The standard InChI is InChI=1S/C11H15NO4S/c1-7-4-8(2)11(9(3)5-7)17(15,16)12-6-10(13)14/h4-5,12H,6H2,1-3H3,(H,13,14). The van der Waals surface area contributed by atoms with Gasteiger partial charge in [-0.3, -0.25) is 4.79 Å². The van der Waals surface area contributed by atoms with E-state index in [1.165, 1.54) is 0 Å². The number of hydrogen-bond acceptors (Lipinski definition) is 3. The molecule has 0 saturated heterocycles. The average molecular weight is 257 g/mol. The van der Waals surface area contributed by atoms with Crippen LogP contribution in [-0.2, 0) is 14.8 Å². The molecule has 0 aliphatic heterocycles. The van der Waals surface area contributed by atoms with Crippen LogP contribution in [0.1, 0.15) is 16.7 Å². The molecule has 6 heteroatoms. The van der Waals surface area contributed by atoms with E-state index in [4.69, 9.17) is 5.11 Å². The smallest absolute Gasteiger partial charge is 0.318 e. The number of rotatable bonds is 4. The van der Waals surface area contributed by atoms with E-state index in [1.54, 1.807) is 26.0 Å². The van der Waals surface area contributed by atoms with Crippen molar-refractivity contribution in [3.8, 4) is 0 Å². The summed E-state index contributed by atoms with van der Waals surface area (Å²) in [6.07, 6.45) is 0. The first kappa shape index (κ1) is 13.7. The third-order valence-corrected chi connectivity index (χ3v) is 3.99. The molecule has 17 heavy (non-hydrogen) atoms. The minimum Gasteiger partial charge on any atom is -0.480 e. The molecule has 0 aliphatic carbocycles. The Morgan fingerprint density at radius 2 is 1.71 bits per heavy atom. The third-order valence-electron chi connectivity index (χ3n) is 2.29. The van der Waals surface area contributed by atoms with E-state index in [1.807, 2.05) is 11.6 Å². The molecule has 94 valence electrons. The Morgan fingerprint density at radius 1 is 1.24 bits per heavy atom. The number of nitrogens with one attached hydrogen (secondary N) is 1. The summed E-state index contributed by atoms with van der Waals surface area (Å²) >= 11 is 0. The van der Waals surface area contributed by atoms with Crippen molar-refractivity contribution in [2.24, 2.45) is 0 Å². The van der Waals surface area contributed by atoms with Crippen LogP contribution in [0.5, 0.6) is 0 Å². The molecule has 5 nitrogen and oxygen atoms in total. The second-order valence-electron chi connectivity index (χ2n) is 3.95. The van der Waals surface area contributed by atoms with Gasteiger partial charge in [-0.05, 0) is 31.9 Å². The Bertz CT molecular complexity index is 526. The molecular formula is C11H15NO4S. The molecule has 1 rings (SSSR count). The molecule has 2 N–H and O–H groups in total. The Hall–Kier alpha value is -1.40.